The van der Waals surface area contributed by atoms with Gasteiger partial charge in [0.2, 0.25) is 0 Å². The maximum Gasteiger partial charge on any atom is 0.310 e. The van der Waals surface area contributed by atoms with Crippen molar-refractivity contribution in [1.82, 2.24) is 14.9 Å². The average molecular weight is 294 g/mol. The first-order valence-electron chi connectivity index (χ1n) is 6.16. The van der Waals surface area contributed by atoms with Crippen molar-refractivity contribution < 1.29 is 9.53 Å². The van der Waals surface area contributed by atoms with E-state index in [-0.39, 0.29) is 12.4 Å². The molecule has 1 heterocycles. The van der Waals surface area contributed by atoms with E-state index >= 15 is 0 Å². The summed E-state index contributed by atoms with van der Waals surface area (Å²) < 4.78 is 4.68. The van der Waals surface area contributed by atoms with Crippen molar-refractivity contribution in [3.8, 4) is 0 Å². The van der Waals surface area contributed by atoms with Gasteiger partial charge in [-0.1, -0.05) is 11.6 Å². The Hall–Kier alpha value is -1.72. The highest BCUT2D eigenvalue weighted by atomic mass is 35.5. The van der Waals surface area contributed by atoms with Crippen LogP contribution in [0.5, 0.6) is 0 Å². The summed E-state index contributed by atoms with van der Waals surface area (Å²) in [5.74, 6) is -0.349. The minimum atomic E-state index is -0.349. The van der Waals surface area contributed by atoms with Gasteiger partial charge in [-0.15, -0.1) is 0 Å². The monoisotopic (exact) mass is 293 g/mol. The molecule has 0 bridgehead atoms. The summed E-state index contributed by atoms with van der Waals surface area (Å²) in [5.41, 5.74) is 2.90. The molecule has 0 N–H and O–H groups in total. The van der Waals surface area contributed by atoms with E-state index in [9.17, 15) is 4.79 Å². The second kappa shape index (κ2) is 6.15. The van der Waals surface area contributed by atoms with Gasteiger partial charge in [-0.3, -0.25) is 9.78 Å². The number of benzene rings is 1. The molecule has 0 atom stereocenters. The van der Waals surface area contributed by atoms with Crippen LogP contribution in [-0.2, 0) is 22.5 Å². The Kier molecular flexibility index (Phi) is 4.52. The second-order valence-corrected chi connectivity index (χ2v) is 5.15. The van der Waals surface area contributed by atoms with Crippen molar-refractivity contribution in [2.45, 2.75) is 13.0 Å². The molecule has 0 unspecified atom stereocenters. The largest absolute Gasteiger partial charge is 0.469 e. The molecule has 1 aromatic heterocycles. The zero-order valence-electron chi connectivity index (χ0n) is 11.7. The highest BCUT2D eigenvalue weighted by molar-refractivity contribution is 6.32. The van der Waals surface area contributed by atoms with E-state index in [1.807, 2.05) is 25.1 Å². The number of carbonyl (C=O) groups excluding carboxylic acids is 1. The predicted octanol–water partition coefficient (Wildman–Crippen LogP) is 2.06. The van der Waals surface area contributed by atoms with Gasteiger partial charge in [0.25, 0.3) is 0 Å². The van der Waals surface area contributed by atoms with Crippen molar-refractivity contribution in [2.75, 3.05) is 21.2 Å². The van der Waals surface area contributed by atoms with Crippen molar-refractivity contribution in [3.63, 3.8) is 0 Å². The first kappa shape index (κ1) is 14.7. The Morgan fingerprint density at radius 1 is 1.40 bits per heavy atom. The zero-order valence-corrected chi connectivity index (χ0v) is 12.4. The van der Waals surface area contributed by atoms with Gasteiger partial charge in [0, 0.05) is 17.1 Å². The van der Waals surface area contributed by atoms with E-state index in [1.165, 1.54) is 7.11 Å². The van der Waals surface area contributed by atoms with Crippen LogP contribution in [0, 0.1) is 0 Å². The highest BCUT2D eigenvalue weighted by Gasteiger charge is 2.13. The fraction of sp³-hybridized carbons (Fsp3) is 0.357. The van der Waals surface area contributed by atoms with Crippen LogP contribution in [0.3, 0.4) is 0 Å². The van der Waals surface area contributed by atoms with Gasteiger partial charge in [0.15, 0.2) is 0 Å². The Bertz CT molecular complexity index is 644. The van der Waals surface area contributed by atoms with Crippen LogP contribution < -0.4 is 0 Å². The summed E-state index contributed by atoms with van der Waals surface area (Å²) >= 11 is 6.14. The Labute approximate surface area is 122 Å². The van der Waals surface area contributed by atoms with Crippen molar-refractivity contribution in [3.05, 3.63) is 34.6 Å². The second-order valence-electron chi connectivity index (χ2n) is 4.75. The summed E-state index contributed by atoms with van der Waals surface area (Å²) in [5, 5.41) is 0.498. The SMILES string of the molecule is COC(=O)Cc1c(Cl)ccc2nc(CN(C)C)cnc12. The molecule has 20 heavy (non-hydrogen) atoms. The first-order chi connectivity index (χ1) is 9.51. The summed E-state index contributed by atoms with van der Waals surface area (Å²) in [4.78, 5) is 22.4. The van der Waals surface area contributed by atoms with E-state index in [4.69, 9.17) is 11.6 Å². The zero-order chi connectivity index (χ0) is 14.7. The van der Waals surface area contributed by atoms with Gasteiger partial charge >= 0.3 is 5.97 Å². The number of ether oxygens (including phenoxy) is 1. The summed E-state index contributed by atoms with van der Waals surface area (Å²) in [6, 6.07) is 3.54. The van der Waals surface area contributed by atoms with E-state index in [2.05, 4.69) is 14.7 Å². The number of hydrogen-bond acceptors (Lipinski definition) is 5. The number of carbonyl (C=O) groups is 1. The Morgan fingerprint density at radius 3 is 2.80 bits per heavy atom. The van der Waals surface area contributed by atoms with Gasteiger partial charge in [-0.2, -0.15) is 0 Å². The van der Waals surface area contributed by atoms with Crippen molar-refractivity contribution in [2.24, 2.45) is 0 Å². The standard InChI is InChI=1S/C14H16ClN3O2/c1-18(2)8-9-7-16-14-10(6-13(19)20-3)11(15)4-5-12(14)17-9/h4-5,7H,6,8H2,1-3H3. The third-order valence-corrected chi connectivity index (χ3v) is 3.19. The maximum atomic E-state index is 11.5. The van der Waals surface area contributed by atoms with E-state index in [0.717, 1.165) is 11.2 Å². The van der Waals surface area contributed by atoms with Gasteiger partial charge in [-0.25, -0.2) is 4.98 Å². The van der Waals surface area contributed by atoms with Crippen LogP contribution in [0.2, 0.25) is 5.02 Å². The summed E-state index contributed by atoms with van der Waals surface area (Å²) in [6.07, 6.45) is 1.80. The Balaban J connectivity index is 2.46. The number of aromatic nitrogens is 2. The lowest BCUT2D eigenvalue weighted by atomic mass is 10.1. The molecule has 0 amide bonds. The molecule has 0 saturated carbocycles. The van der Waals surface area contributed by atoms with Crippen LogP contribution in [0.4, 0.5) is 0 Å². The molecule has 0 fully saturated rings. The number of rotatable bonds is 4. The van der Waals surface area contributed by atoms with Crippen LogP contribution in [0.25, 0.3) is 11.0 Å². The molecular weight excluding hydrogens is 278 g/mol. The molecule has 0 aliphatic heterocycles. The first-order valence-corrected chi connectivity index (χ1v) is 6.53. The lowest BCUT2D eigenvalue weighted by Crippen LogP contribution is -2.12. The number of nitrogens with zero attached hydrogens (tertiary/aromatic N) is 3. The van der Waals surface area contributed by atoms with Crippen molar-refractivity contribution >= 4 is 28.6 Å². The third kappa shape index (κ3) is 3.23. The molecule has 6 heteroatoms. The lowest BCUT2D eigenvalue weighted by molar-refractivity contribution is -0.139. The van der Waals surface area contributed by atoms with Crippen LogP contribution in [0.1, 0.15) is 11.3 Å². The van der Waals surface area contributed by atoms with Crippen LogP contribution in [-0.4, -0.2) is 42.0 Å². The molecule has 0 radical (unpaired) electrons. The number of fused-ring (bicyclic) bond motifs is 1. The van der Waals surface area contributed by atoms with Gasteiger partial charge in [0.1, 0.15) is 0 Å². The molecule has 2 rings (SSSR count). The van der Waals surface area contributed by atoms with Gasteiger partial charge < -0.3 is 9.64 Å². The van der Waals surface area contributed by atoms with Gasteiger partial charge in [0.05, 0.1) is 36.5 Å². The molecule has 5 nitrogen and oxygen atoms in total. The smallest absolute Gasteiger partial charge is 0.310 e. The van der Waals surface area contributed by atoms with E-state index in [0.29, 0.717) is 22.6 Å². The molecule has 2 aromatic rings. The fourth-order valence-electron chi connectivity index (χ4n) is 1.94. The number of halogens is 1. The van der Waals surface area contributed by atoms with Crippen molar-refractivity contribution in [1.29, 1.82) is 0 Å². The lowest BCUT2D eigenvalue weighted by Gasteiger charge is -2.11. The number of methoxy groups -OCH3 is 1. The van der Waals surface area contributed by atoms with E-state index in [1.54, 1.807) is 12.3 Å². The van der Waals surface area contributed by atoms with Crippen LogP contribution in [0.15, 0.2) is 18.3 Å². The minimum Gasteiger partial charge on any atom is -0.469 e. The molecule has 0 aliphatic carbocycles. The van der Waals surface area contributed by atoms with Crippen LogP contribution >= 0.6 is 11.6 Å². The molecule has 106 valence electrons. The number of hydrogen-bond donors (Lipinski definition) is 0. The minimum absolute atomic E-state index is 0.0916. The molecular formula is C14H16ClN3O2. The molecule has 0 saturated heterocycles. The molecule has 0 aliphatic rings. The quantitative estimate of drug-likeness (QED) is 0.808. The molecule has 0 spiro atoms. The fourth-order valence-corrected chi connectivity index (χ4v) is 2.16. The van der Waals surface area contributed by atoms with E-state index < -0.39 is 0 Å². The highest BCUT2D eigenvalue weighted by Crippen LogP contribution is 2.24. The number of esters is 1. The molecule has 1 aromatic carbocycles. The van der Waals surface area contributed by atoms with Gasteiger partial charge in [-0.05, 0) is 26.2 Å². The predicted molar refractivity (Wildman–Crippen MR) is 77.7 cm³/mol. The Morgan fingerprint density at radius 2 is 2.15 bits per heavy atom. The third-order valence-electron chi connectivity index (χ3n) is 2.84. The average Bonchev–Trinajstić information content (AvgIpc) is 2.41. The maximum absolute atomic E-state index is 11.5. The summed E-state index contributed by atoms with van der Waals surface area (Å²) in [6.45, 7) is 0.706. The topological polar surface area (TPSA) is 55.3 Å². The summed E-state index contributed by atoms with van der Waals surface area (Å²) in [7, 11) is 5.29. The normalized spacial score (nSPS) is 11.1.